The van der Waals surface area contributed by atoms with Gasteiger partial charge in [0.1, 0.15) is 0 Å². The van der Waals surface area contributed by atoms with Gasteiger partial charge in [-0.2, -0.15) is 0 Å². The van der Waals surface area contributed by atoms with Gasteiger partial charge in [-0.05, 0) is 51.7 Å². The zero-order valence-electron chi connectivity index (χ0n) is 10.8. The molecule has 0 aliphatic carbocycles. The van der Waals surface area contributed by atoms with E-state index in [1.165, 1.54) is 0 Å². The quantitative estimate of drug-likeness (QED) is 0.398. The molecule has 1 heterocycles. The first kappa shape index (κ1) is 16.6. The number of unbranched alkanes of at least 4 members (excludes halogenated alkanes) is 1. The molecule has 7 nitrogen and oxygen atoms in total. The molecule has 0 aromatic carbocycles. The maximum atomic E-state index is 10.8. The SMILES string of the molecule is O=C(O)C1CCN(CCCCC(O)P(=O)(O)O)CC1. The molecule has 1 atom stereocenters. The van der Waals surface area contributed by atoms with Crippen molar-refractivity contribution < 1.29 is 29.4 Å². The fraction of sp³-hybridized carbons (Fsp3) is 0.909. The number of aliphatic carboxylic acids is 1. The van der Waals surface area contributed by atoms with E-state index in [0.717, 1.165) is 26.1 Å². The second-order valence-corrected chi connectivity index (χ2v) is 6.79. The van der Waals surface area contributed by atoms with E-state index in [-0.39, 0.29) is 12.3 Å². The predicted molar refractivity (Wildman–Crippen MR) is 68.7 cm³/mol. The fourth-order valence-electron chi connectivity index (χ4n) is 2.23. The van der Waals surface area contributed by atoms with Crippen LogP contribution in [0.2, 0.25) is 0 Å². The molecular formula is C11H22NO6P. The van der Waals surface area contributed by atoms with Crippen LogP contribution in [-0.2, 0) is 9.36 Å². The molecule has 0 aromatic rings. The van der Waals surface area contributed by atoms with Crippen molar-refractivity contribution in [3.05, 3.63) is 0 Å². The highest BCUT2D eigenvalue weighted by molar-refractivity contribution is 7.52. The van der Waals surface area contributed by atoms with Gasteiger partial charge in [0.25, 0.3) is 0 Å². The van der Waals surface area contributed by atoms with Crippen LogP contribution in [-0.4, -0.2) is 56.3 Å². The third-order valence-electron chi connectivity index (χ3n) is 3.51. The lowest BCUT2D eigenvalue weighted by Crippen LogP contribution is -2.36. The smallest absolute Gasteiger partial charge is 0.353 e. The van der Waals surface area contributed by atoms with Crippen LogP contribution in [0.25, 0.3) is 0 Å². The van der Waals surface area contributed by atoms with E-state index in [9.17, 15) is 14.5 Å². The Balaban J connectivity index is 2.12. The molecule has 1 fully saturated rings. The van der Waals surface area contributed by atoms with E-state index < -0.39 is 19.4 Å². The molecule has 0 aromatic heterocycles. The second kappa shape index (κ2) is 7.36. The van der Waals surface area contributed by atoms with Crippen LogP contribution in [0.4, 0.5) is 0 Å². The molecule has 8 heteroatoms. The molecule has 0 saturated carbocycles. The molecule has 1 saturated heterocycles. The standard InChI is InChI=1S/C11H22NO6P/c13-10(19(16,17)18)3-1-2-6-12-7-4-9(5-8-12)11(14)15/h9-10,13H,1-8H2,(H,14,15)(H2,16,17,18). The lowest BCUT2D eigenvalue weighted by Gasteiger charge is -2.30. The zero-order valence-corrected chi connectivity index (χ0v) is 11.7. The zero-order chi connectivity index (χ0) is 14.5. The highest BCUT2D eigenvalue weighted by Crippen LogP contribution is 2.41. The Morgan fingerprint density at radius 2 is 1.84 bits per heavy atom. The maximum Gasteiger partial charge on any atom is 0.353 e. The van der Waals surface area contributed by atoms with Crippen molar-refractivity contribution in [3.63, 3.8) is 0 Å². The van der Waals surface area contributed by atoms with Gasteiger partial charge >= 0.3 is 13.6 Å². The van der Waals surface area contributed by atoms with Crippen molar-refractivity contribution in [2.24, 2.45) is 5.92 Å². The summed E-state index contributed by atoms with van der Waals surface area (Å²) in [5.74, 6) is -2.54. The van der Waals surface area contributed by atoms with Crippen LogP contribution in [0.1, 0.15) is 32.1 Å². The molecule has 1 aliphatic heterocycles. The lowest BCUT2D eigenvalue weighted by molar-refractivity contribution is -0.143. The third-order valence-corrected chi connectivity index (χ3v) is 4.55. The van der Waals surface area contributed by atoms with Gasteiger partial charge < -0.3 is 24.9 Å². The molecule has 0 radical (unpaired) electrons. The highest BCUT2D eigenvalue weighted by atomic mass is 31.2. The first-order valence-electron chi connectivity index (χ1n) is 6.49. The van der Waals surface area contributed by atoms with E-state index in [1.807, 2.05) is 0 Å². The number of hydrogen-bond donors (Lipinski definition) is 4. The summed E-state index contributed by atoms with van der Waals surface area (Å²) in [5, 5.41) is 18.0. The van der Waals surface area contributed by atoms with Crippen molar-refractivity contribution >= 4 is 13.6 Å². The topological polar surface area (TPSA) is 118 Å². The van der Waals surface area contributed by atoms with Gasteiger partial charge in [-0.1, -0.05) is 0 Å². The number of likely N-dealkylation sites (tertiary alicyclic amines) is 1. The molecule has 1 unspecified atom stereocenters. The first-order chi connectivity index (χ1) is 8.80. The van der Waals surface area contributed by atoms with Crippen LogP contribution >= 0.6 is 7.60 Å². The van der Waals surface area contributed by atoms with E-state index >= 15 is 0 Å². The molecule has 1 aliphatic rings. The minimum Gasteiger partial charge on any atom is -0.481 e. The number of rotatable bonds is 7. The summed E-state index contributed by atoms with van der Waals surface area (Å²) < 4.78 is 10.7. The molecule has 0 spiro atoms. The van der Waals surface area contributed by atoms with Gasteiger partial charge in [-0.3, -0.25) is 9.36 Å². The van der Waals surface area contributed by atoms with E-state index in [2.05, 4.69) is 4.90 Å². The normalized spacial score (nSPS) is 20.4. The van der Waals surface area contributed by atoms with Gasteiger partial charge in [0.2, 0.25) is 0 Å². The summed E-state index contributed by atoms with van der Waals surface area (Å²) in [5.41, 5.74) is 0. The van der Waals surface area contributed by atoms with Crippen LogP contribution < -0.4 is 0 Å². The van der Waals surface area contributed by atoms with Crippen molar-refractivity contribution in [1.82, 2.24) is 4.90 Å². The minimum atomic E-state index is -4.37. The molecule has 4 N–H and O–H groups in total. The lowest BCUT2D eigenvalue weighted by atomic mass is 9.97. The van der Waals surface area contributed by atoms with E-state index in [4.69, 9.17) is 14.9 Å². The van der Waals surface area contributed by atoms with Crippen LogP contribution in [0.15, 0.2) is 0 Å². The predicted octanol–water partition coefficient (Wildman–Crippen LogP) is 0.449. The number of aliphatic hydroxyl groups is 1. The molecular weight excluding hydrogens is 273 g/mol. The average Bonchev–Trinajstić information content (AvgIpc) is 2.33. The number of piperidine rings is 1. The monoisotopic (exact) mass is 295 g/mol. The number of carbonyl (C=O) groups is 1. The van der Waals surface area contributed by atoms with Gasteiger partial charge in [-0.15, -0.1) is 0 Å². The Hall–Kier alpha value is -0.460. The number of hydrogen-bond acceptors (Lipinski definition) is 4. The molecule has 1 rings (SSSR count). The third kappa shape index (κ3) is 6.01. The van der Waals surface area contributed by atoms with E-state index in [1.54, 1.807) is 0 Å². The Morgan fingerprint density at radius 1 is 1.26 bits per heavy atom. The average molecular weight is 295 g/mol. The minimum absolute atomic E-state index is 0.0931. The summed E-state index contributed by atoms with van der Waals surface area (Å²) in [6, 6.07) is 0. The summed E-state index contributed by atoms with van der Waals surface area (Å²) in [4.78, 5) is 30.3. The van der Waals surface area contributed by atoms with Gasteiger partial charge in [0, 0.05) is 0 Å². The summed E-state index contributed by atoms with van der Waals surface area (Å²) in [6.07, 6.45) is 2.69. The Bertz CT molecular complexity index is 336. The maximum absolute atomic E-state index is 10.8. The molecule has 19 heavy (non-hydrogen) atoms. The molecule has 0 amide bonds. The van der Waals surface area contributed by atoms with Crippen molar-refractivity contribution in [1.29, 1.82) is 0 Å². The van der Waals surface area contributed by atoms with Crippen molar-refractivity contribution in [2.75, 3.05) is 19.6 Å². The summed E-state index contributed by atoms with van der Waals surface area (Å²) in [7, 11) is -4.37. The van der Waals surface area contributed by atoms with Gasteiger partial charge in [-0.25, -0.2) is 0 Å². The van der Waals surface area contributed by atoms with Crippen molar-refractivity contribution in [3.8, 4) is 0 Å². The number of nitrogens with zero attached hydrogens (tertiary/aromatic N) is 1. The van der Waals surface area contributed by atoms with E-state index in [0.29, 0.717) is 19.3 Å². The van der Waals surface area contributed by atoms with Crippen LogP contribution in [0.5, 0.6) is 0 Å². The van der Waals surface area contributed by atoms with Gasteiger partial charge in [0.05, 0.1) is 5.92 Å². The Morgan fingerprint density at radius 3 is 2.32 bits per heavy atom. The number of carboxylic acids is 1. The fourth-order valence-corrected chi connectivity index (χ4v) is 2.75. The Labute approximate surface area is 112 Å². The Kier molecular flexibility index (Phi) is 6.42. The first-order valence-corrected chi connectivity index (χ1v) is 8.17. The highest BCUT2D eigenvalue weighted by Gasteiger charge is 2.26. The summed E-state index contributed by atoms with van der Waals surface area (Å²) >= 11 is 0. The number of aliphatic hydroxyl groups excluding tert-OH is 1. The van der Waals surface area contributed by atoms with Crippen LogP contribution in [0.3, 0.4) is 0 Å². The van der Waals surface area contributed by atoms with Crippen LogP contribution in [0, 0.1) is 5.92 Å². The van der Waals surface area contributed by atoms with Crippen molar-refractivity contribution in [2.45, 2.75) is 37.9 Å². The second-order valence-electron chi connectivity index (χ2n) is 5.02. The van der Waals surface area contributed by atoms with Gasteiger partial charge in [0.15, 0.2) is 5.85 Å². The molecule has 112 valence electrons. The number of carboxylic acid groups (broad SMARTS) is 1. The summed E-state index contributed by atoms with van der Waals surface area (Å²) in [6.45, 7) is 2.27. The molecule has 0 bridgehead atoms. The largest absolute Gasteiger partial charge is 0.481 e.